The molecule has 0 spiro atoms. The minimum atomic E-state index is -0.572. The van der Waals surface area contributed by atoms with Crippen molar-refractivity contribution >= 4 is 11.9 Å². The highest BCUT2D eigenvalue weighted by Gasteiger charge is 2.58. The van der Waals surface area contributed by atoms with Crippen LogP contribution in [0.3, 0.4) is 0 Å². The Labute approximate surface area is 223 Å². The molecule has 0 unspecified atom stereocenters. The van der Waals surface area contributed by atoms with E-state index in [1.807, 2.05) is 0 Å². The SMILES string of the molecule is C#CC[N+](CC)(CC)COC(=O)O[C@H]1CC[C@@]2(C)C(=CC[C@@H]3[C@@H]2CC[C@]2(C)C(=O)CC[C@@H]32)C1.[I-]. The summed E-state index contributed by atoms with van der Waals surface area (Å²) in [5.74, 6) is 5.01. The summed E-state index contributed by atoms with van der Waals surface area (Å²) in [7, 11) is 0. The van der Waals surface area contributed by atoms with Gasteiger partial charge in [-0.1, -0.05) is 25.5 Å². The van der Waals surface area contributed by atoms with Gasteiger partial charge in [-0.3, -0.25) is 9.28 Å². The molecule has 0 aromatic rings. The molecule has 0 aromatic carbocycles. The van der Waals surface area contributed by atoms with Crippen LogP contribution in [0.1, 0.15) is 79.1 Å². The van der Waals surface area contributed by atoms with Gasteiger partial charge in [-0.15, -0.1) is 6.42 Å². The van der Waals surface area contributed by atoms with Gasteiger partial charge in [0.1, 0.15) is 18.4 Å². The van der Waals surface area contributed by atoms with Gasteiger partial charge < -0.3 is 33.5 Å². The molecule has 3 fully saturated rings. The first-order valence-corrected chi connectivity index (χ1v) is 13.1. The smallest absolute Gasteiger partial charge is 0.512 e. The molecule has 6 atom stereocenters. The summed E-state index contributed by atoms with van der Waals surface area (Å²) < 4.78 is 11.9. The highest BCUT2D eigenvalue weighted by Crippen LogP contribution is 2.64. The van der Waals surface area contributed by atoms with Crippen molar-refractivity contribution in [2.75, 3.05) is 26.4 Å². The number of halogens is 1. The molecule has 0 aromatic heterocycles. The lowest BCUT2D eigenvalue weighted by molar-refractivity contribution is -0.934. The van der Waals surface area contributed by atoms with Gasteiger partial charge in [0.05, 0.1) is 13.1 Å². The van der Waals surface area contributed by atoms with Gasteiger partial charge in [0.25, 0.3) is 0 Å². The van der Waals surface area contributed by atoms with Crippen LogP contribution in [0.2, 0.25) is 0 Å². The maximum absolute atomic E-state index is 12.6. The number of ether oxygens (including phenoxy) is 2. The number of carbonyl (C=O) groups is 2. The Kier molecular flexibility index (Phi) is 8.50. The number of hydrogen-bond donors (Lipinski definition) is 0. The molecule has 0 N–H and O–H groups in total. The molecule has 4 rings (SSSR count). The number of Topliss-reactive ketones (excluding diaryl/α,β-unsaturated/α-hetero) is 1. The van der Waals surface area contributed by atoms with E-state index in [2.05, 4.69) is 39.7 Å². The minimum absolute atomic E-state index is 0. The van der Waals surface area contributed by atoms with Gasteiger partial charge >= 0.3 is 6.16 Å². The molecular formula is C28H42INO4. The van der Waals surface area contributed by atoms with Crippen molar-refractivity contribution in [3.63, 3.8) is 0 Å². The first kappa shape index (κ1) is 27.5. The molecule has 6 heteroatoms. The number of quaternary nitrogens is 1. The van der Waals surface area contributed by atoms with E-state index >= 15 is 0 Å². The molecule has 0 amide bonds. The Morgan fingerprint density at radius 3 is 2.50 bits per heavy atom. The average molecular weight is 584 g/mol. The number of ketones is 1. The zero-order valence-corrected chi connectivity index (χ0v) is 23.6. The topological polar surface area (TPSA) is 52.6 Å². The van der Waals surface area contributed by atoms with Crippen LogP contribution in [0.5, 0.6) is 0 Å². The van der Waals surface area contributed by atoms with Crippen molar-refractivity contribution in [1.82, 2.24) is 0 Å². The molecule has 5 nitrogen and oxygen atoms in total. The highest BCUT2D eigenvalue weighted by atomic mass is 127. The zero-order chi connectivity index (χ0) is 23.9. The van der Waals surface area contributed by atoms with Gasteiger partial charge in [0.15, 0.2) is 0 Å². The number of rotatable bonds is 6. The van der Waals surface area contributed by atoms with Crippen LogP contribution in [0, 0.1) is 40.9 Å². The summed E-state index contributed by atoms with van der Waals surface area (Å²) in [6, 6.07) is 0. The molecule has 0 aliphatic heterocycles. The first-order valence-electron chi connectivity index (χ1n) is 13.1. The molecular weight excluding hydrogens is 541 g/mol. The van der Waals surface area contributed by atoms with Crippen LogP contribution in [0.4, 0.5) is 4.79 Å². The Hall–Kier alpha value is -1.07. The third-order valence-electron chi connectivity index (χ3n) is 10.3. The van der Waals surface area contributed by atoms with E-state index < -0.39 is 6.16 Å². The summed E-state index contributed by atoms with van der Waals surface area (Å²) in [5.41, 5.74) is 1.54. The van der Waals surface area contributed by atoms with Crippen LogP contribution in [0.15, 0.2) is 11.6 Å². The predicted octanol–water partition coefficient (Wildman–Crippen LogP) is 2.49. The number of fused-ring (bicyclic) bond motifs is 5. The van der Waals surface area contributed by atoms with Crippen LogP contribution in [-0.2, 0) is 14.3 Å². The number of hydrogen-bond acceptors (Lipinski definition) is 4. The lowest BCUT2D eigenvalue weighted by Crippen LogP contribution is -3.00. The molecule has 0 heterocycles. The van der Waals surface area contributed by atoms with Crippen LogP contribution >= 0.6 is 0 Å². The lowest BCUT2D eigenvalue weighted by atomic mass is 9.48. The molecule has 0 bridgehead atoms. The van der Waals surface area contributed by atoms with E-state index in [4.69, 9.17) is 15.9 Å². The van der Waals surface area contributed by atoms with Gasteiger partial charge in [-0.05, 0) is 81.5 Å². The van der Waals surface area contributed by atoms with Crippen molar-refractivity contribution < 1.29 is 47.5 Å². The Morgan fingerprint density at radius 2 is 1.82 bits per heavy atom. The van der Waals surface area contributed by atoms with E-state index in [0.29, 0.717) is 34.6 Å². The van der Waals surface area contributed by atoms with Crippen LogP contribution in [0.25, 0.3) is 0 Å². The van der Waals surface area contributed by atoms with Crippen molar-refractivity contribution in [2.24, 2.45) is 28.6 Å². The summed E-state index contributed by atoms with van der Waals surface area (Å²) in [6.07, 6.45) is 15.1. The number of carbonyl (C=O) groups excluding carboxylic acids is 2. The number of terminal acetylenes is 1. The van der Waals surface area contributed by atoms with E-state index in [1.165, 1.54) is 5.57 Å². The van der Waals surface area contributed by atoms with Gasteiger partial charge in [0, 0.05) is 18.3 Å². The quantitative estimate of drug-likeness (QED) is 0.121. The Morgan fingerprint density at radius 1 is 1.15 bits per heavy atom. The molecule has 4 aliphatic carbocycles. The average Bonchev–Trinajstić information content (AvgIpc) is 3.11. The van der Waals surface area contributed by atoms with Crippen molar-refractivity contribution in [2.45, 2.75) is 85.2 Å². The summed E-state index contributed by atoms with van der Waals surface area (Å²) in [6.45, 7) is 11.2. The van der Waals surface area contributed by atoms with Gasteiger partial charge in [-0.25, -0.2) is 4.79 Å². The number of nitrogens with zero attached hydrogens (tertiary/aromatic N) is 1. The fourth-order valence-corrected chi connectivity index (χ4v) is 7.73. The van der Waals surface area contributed by atoms with Gasteiger partial charge in [-0.2, -0.15) is 0 Å². The van der Waals surface area contributed by atoms with E-state index in [1.54, 1.807) is 0 Å². The molecule has 4 aliphatic rings. The van der Waals surface area contributed by atoms with E-state index in [9.17, 15) is 9.59 Å². The predicted molar refractivity (Wildman–Crippen MR) is 128 cm³/mol. The monoisotopic (exact) mass is 583 g/mol. The Bertz CT molecular complexity index is 859. The van der Waals surface area contributed by atoms with Gasteiger partial charge in [0.2, 0.25) is 6.73 Å². The second-order valence-corrected chi connectivity index (χ2v) is 11.5. The summed E-state index contributed by atoms with van der Waals surface area (Å²) >= 11 is 0. The molecule has 190 valence electrons. The third kappa shape index (κ3) is 4.68. The molecule has 34 heavy (non-hydrogen) atoms. The van der Waals surface area contributed by atoms with Crippen molar-refractivity contribution in [3.8, 4) is 12.3 Å². The highest BCUT2D eigenvalue weighted by molar-refractivity contribution is 5.87. The normalized spacial score (nSPS) is 36.7. The van der Waals surface area contributed by atoms with E-state index in [0.717, 1.165) is 64.5 Å². The summed E-state index contributed by atoms with van der Waals surface area (Å²) in [4.78, 5) is 25.1. The fraction of sp³-hybridized carbons (Fsp3) is 0.786. The maximum Gasteiger partial charge on any atom is 0.512 e. The van der Waals surface area contributed by atoms with Crippen LogP contribution < -0.4 is 24.0 Å². The first-order chi connectivity index (χ1) is 15.7. The lowest BCUT2D eigenvalue weighted by Gasteiger charge is -2.56. The second-order valence-electron chi connectivity index (χ2n) is 11.5. The standard InChI is InChI=1S/C28H42NO4.HI/c1-6-17-29(7-2,8-3)19-32-26(31)33-21-13-15-27(4)20(18-21)9-10-22-23-11-12-25(30)28(23,5)16-14-24(22)27;/h1,9,21-24H,7-8,10-19H2,2-5H3;1H/q+1;/p-1/t21-,22-,23-,24-,27-,28-;/m0./s1. The zero-order valence-electron chi connectivity index (χ0n) is 21.4. The van der Waals surface area contributed by atoms with Crippen LogP contribution in [-0.4, -0.2) is 48.9 Å². The summed E-state index contributed by atoms with van der Waals surface area (Å²) in [5, 5.41) is 0. The van der Waals surface area contributed by atoms with Crippen molar-refractivity contribution in [3.05, 3.63) is 11.6 Å². The second kappa shape index (κ2) is 10.5. The minimum Gasteiger partial charge on any atom is -1.00 e. The fourth-order valence-electron chi connectivity index (χ4n) is 7.73. The molecule has 3 saturated carbocycles. The molecule has 0 saturated heterocycles. The molecule has 0 radical (unpaired) electrons. The third-order valence-corrected chi connectivity index (χ3v) is 10.3. The maximum atomic E-state index is 12.6. The largest absolute Gasteiger partial charge is 1.00 e. The van der Waals surface area contributed by atoms with Crippen molar-refractivity contribution in [1.29, 1.82) is 0 Å². The van der Waals surface area contributed by atoms with E-state index in [-0.39, 0.29) is 47.6 Å². The Balaban J connectivity index is 0.00000324. The number of allylic oxidation sites excluding steroid dienone is 1.